The topological polar surface area (TPSA) is 26.3 Å². The number of hydrogen-bond acceptors (Lipinski definition) is 2. The largest absolute Gasteiger partial charge is 0.404 e. The first-order valence-electron chi connectivity index (χ1n) is 5.98. The van der Waals surface area contributed by atoms with Gasteiger partial charge >= 0.3 is 0 Å². The highest BCUT2D eigenvalue weighted by atomic mass is 28.4. The fourth-order valence-electron chi connectivity index (χ4n) is 1.58. The van der Waals surface area contributed by atoms with Crippen LogP contribution in [0.15, 0.2) is 24.8 Å². The van der Waals surface area contributed by atoms with Crippen molar-refractivity contribution < 1.29 is 9.22 Å². The molecular weight excluding hydrogens is 244 g/mol. The van der Waals surface area contributed by atoms with E-state index in [0.29, 0.717) is 0 Å². The monoisotopic (exact) mass is 270 g/mol. The van der Waals surface area contributed by atoms with Crippen molar-refractivity contribution in [2.24, 2.45) is 0 Å². The molecule has 0 aromatic heterocycles. The third kappa shape index (κ3) is 7.46. The van der Waals surface area contributed by atoms with Crippen molar-refractivity contribution in [3.63, 3.8) is 0 Å². The van der Waals surface area contributed by atoms with Gasteiger partial charge in [-0.05, 0) is 37.3 Å². The first kappa shape index (κ1) is 16.5. The average molecular weight is 271 g/mol. The van der Waals surface area contributed by atoms with Gasteiger partial charge in [0.2, 0.25) is 0 Å². The molecule has 17 heavy (non-hydrogen) atoms. The van der Waals surface area contributed by atoms with Crippen LogP contribution in [-0.2, 0) is 9.22 Å². The molecular formula is C13H26O2Si2. The zero-order valence-corrected chi connectivity index (χ0v) is 14.1. The van der Waals surface area contributed by atoms with Crippen LogP contribution in [0.25, 0.3) is 0 Å². The summed E-state index contributed by atoms with van der Waals surface area (Å²) < 4.78 is 5.94. The van der Waals surface area contributed by atoms with Crippen LogP contribution in [0.2, 0.25) is 45.3 Å². The van der Waals surface area contributed by atoms with Crippen molar-refractivity contribution in [3.8, 4) is 0 Å². The van der Waals surface area contributed by atoms with Crippen molar-refractivity contribution in [2.45, 2.75) is 51.4 Å². The van der Waals surface area contributed by atoms with Gasteiger partial charge in [-0.1, -0.05) is 32.8 Å². The molecule has 0 amide bonds. The van der Waals surface area contributed by atoms with Gasteiger partial charge in [-0.15, -0.1) is 0 Å². The number of hydrogen-bond donors (Lipinski definition) is 0. The number of carbonyl (C=O) groups excluding carboxylic acids is 1. The molecule has 0 N–H and O–H groups in total. The molecule has 0 rings (SSSR count). The van der Waals surface area contributed by atoms with E-state index in [4.69, 9.17) is 4.43 Å². The maximum absolute atomic E-state index is 11.9. The second-order valence-corrected chi connectivity index (χ2v) is 16.5. The van der Waals surface area contributed by atoms with E-state index in [2.05, 4.69) is 52.4 Å². The maximum atomic E-state index is 11.9. The van der Waals surface area contributed by atoms with Crippen LogP contribution in [0.4, 0.5) is 0 Å². The Bertz CT molecular complexity index is 308. The summed E-state index contributed by atoms with van der Waals surface area (Å²) in [4.78, 5) is 11.9. The molecule has 2 nitrogen and oxygen atoms in total. The van der Waals surface area contributed by atoms with Crippen LogP contribution in [0.1, 0.15) is 0 Å². The minimum Gasteiger partial charge on any atom is -0.404 e. The smallest absolute Gasteiger partial charge is 0.186 e. The SMILES string of the molecule is C=CC(=O)C(O[Si](C)(C)C)C(=C)C[Si](C)(C)C. The summed E-state index contributed by atoms with van der Waals surface area (Å²) in [6, 6.07) is 0.918. The number of ketones is 1. The summed E-state index contributed by atoms with van der Waals surface area (Å²) in [7, 11) is -3.02. The van der Waals surface area contributed by atoms with E-state index >= 15 is 0 Å². The standard InChI is InChI=1S/C13H26O2Si2/c1-9-12(14)13(15-17(6,7)8)11(2)10-16(3,4)5/h9,13H,1-2,10H2,3-8H3. The molecule has 0 spiro atoms. The lowest BCUT2D eigenvalue weighted by atomic mass is 10.1. The molecule has 0 aromatic rings. The van der Waals surface area contributed by atoms with Crippen LogP contribution in [-0.4, -0.2) is 28.3 Å². The average Bonchev–Trinajstić information content (AvgIpc) is 2.08. The zero-order chi connectivity index (χ0) is 13.9. The Morgan fingerprint density at radius 2 is 1.71 bits per heavy atom. The Labute approximate surface area is 108 Å². The van der Waals surface area contributed by atoms with Gasteiger partial charge < -0.3 is 4.43 Å². The van der Waals surface area contributed by atoms with Gasteiger partial charge in [-0.3, -0.25) is 4.79 Å². The summed E-state index contributed by atoms with van der Waals surface area (Å²) in [5, 5.41) is 0. The second kappa shape index (κ2) is 5.93. The number of rotatable bonds is 7. The third-order valence-electron chi connectivity index (χ3n) is 2.06. The Hall–Kier alpha value is -0.456. The zero-order valence-electron chi connectivity index (χ0n) is 12.1. The highest BCUT2D eigenvalue weighted by molar-refractivity contribution is 6.76. The predicted molar refractivity (Wildman–Crippen MR) is 80.7 cm³/mol. The van der Waals surface area contributed by atoms with Gasteiger partial charge in [0.05, 0.1) is 0 Å². The van der Waals surface area contributed by atoms with E-state index in [0.717, 1.165) is 11.6 Å². The molecule has 1 atom stereocenters. The van der Waals surface area contributed by atoms with Crippen molar-refractivity contribution in [2.75, 3.05) is 0 Å². The lowest BCUT2D eigenvalue weighted by Gasteiger charge is -2.28. The molecule has 0 saturated carbocycles. The van der Waals surface area contributed by atoms with Crippen molar-refractivity contribution in [1.29, 1.82) is 0 Å². The Morgan fingerprint density at radius 1 is 1.24 bits per heavy atom. The lowest BCUT2D eigenvalue weighted by Crippen LogP contribution is -2.38. The van der Waals surface area contributed by atoms with Crippen molar-refractivity contribution in [1.82, 2.24) is 0 Å². The first-order chi connectivity index (χ1) is 7.46. The molecule has 0 heterocycles. The highest BCUT2D eigenvalue weighted by Gasteiger charge is 2.29. The minimum absolute atomic E-state index is 0.0596. The molecule has 0 fully saturated rings. The van der Waals surface area contributed by atoms with Crippen LogP contribution in [0.5, 0.6) is 0 Å². The van der Waals surface area contributed by atoms with Gasteiger partial charge in [0.25, 0.3) is 0 Å². The molecule has 4 heteroatoms. The van der Waals surface area contributed by atoms with E-state index in [1.54, 1.807) is 0 Å². The Kier molecular flexibility index (Phi) is 5.77. The van der Waals surface area contributed by atoms with Gasteiger partial charge in [-0.2, -0.15) is 0 Å². The second-order valence-electron chi connectivity index (χ2n) is 6.61. The molecule has 98 valence electrons. The Morgan fingerprint density at radius 3 is 2.00 bits per heavy atom. The molecule has 0 aliphatic rings. The molecule has 0 bridgehead atoms. The van der Waals surface area contributed by atoms with E-state index in [1.165, 1.54) is 6.08 Å². The minimum atomic E-state index is -1.75. The first-order valence-corrected chi connectivity index (χ1v) is 13.1. The van der Waals surface area contributed by atoms with Gasteiger partial charge in [0.1, 0.15) is 6.10 Å². The van der Waals surface area contributed by atoms with Crippen LogP contribution in [0, 0.1) is 0 Å². The maximum Gasteiger partial charge on any atom is 0.186 e. The molecule has 0 aliphatic heterocycles. The summed E-state index contributed by atoms with van der Waals surface area (Å²) in [5.41, 5.74) is 0.913. The van der Waals surface area contributed by atoms with Crippen LogP contribution >= 0.6 is 0 Å². The normalized spacial score (nSPS) is 14.2. The molecule has 1 unspecified atom stereocenters. The Balaban J connectivity index is 4.88. The molecule has 0 radical (unpaired) electrons. The van der Waals surface area contributed by atoms with Crippen molar-refractivity contribution >= 4 is 22.2 Å². The summed E-state index contributed by atoms with van der Waals surface area (Å²) in [5.74, 6) is -0.0596. The van der Waals surface area contributed by atoms with Crippen molar-refractivity contribution in [3.05, 3.63) is 24.8 Å². The molecule has 0 aromatic carbocycles. The summed E-state index contributed by atoms with van der Waals surface area (Å²) >= 11 is 0. The molecule has 0 aliphatic carbocycles. The van der Waals surface area contributed by atoms with Crippen LogP contribution < -0.4 is 0 Å². The highest BCUT2D eigenvalue weighted by Crippen LogP contribution is 2.23. The van der Waals surface area contributed by atoms with Gasteiger partial charge in [0, 0.05) is 8.07 Å². The number of carbonyl (C=O) groups is 1. The summed E-state index contributed by atoms with van der Waals surface area (Å²) in [6.07, 6.45) is 0.867. The van der Waals surface area contributed by atoms with E-state index in [9.17, 15) is 4.79 Å². The quantitative estimate of drug-likeness (QED) is 0.399. The lowest BCUT2D eigenvalue weighted by molar-refractivity contribution is -0.119. The van der Waals surface area contributed by atoms with E-state index < -0.39 is 22.5 Å². The van der Waals surface area contributed by atoms with Gasteiger partial charge in [0.15, 0.2) is 14.1 Å². The fourth-order valence-corrected chi connectivity index (χ4v) is 4.11. The summed E-state index contributed by atoms with van der Waals surface area (Å²) in [6.45, 7) is 20.6. The third-order valence-corrected chi connectivity index (χ3v) is 4.52. The van der Waals surface area contributed by atoms with E-state index in [1.807, 2.05) is 0 Å². The fraction of sp³-hybridized carbons (Fsp3) is 0.615. The van der Waals surface area contributed by atoms with Gasteiger partial charge in [-0.25, -0.2) is 0 Å². The van der Waals surface area contributed by atoms with Crippen LogP contribution in [0.3, 0.4) is 0 Å². The predicted octanol–water partition coefficient (Wildman–Crippen LogP) is 3.86. The molecule has 0 saturated heterocycles. The van der Waals surface area contributed by atoms with E-state index in [-0.39, 0.29) is 5.78 Å².